The van der Waals surface area contributed by atoms with E-state index in [1.165, 1.54) is 13.1 Å². The molecule has 0 aliphatic carbocycles. The molecular formula is C25H23Br2N3O4. The molecule has 7 nitrogen and oxygen atoms in total. The molecule has 0 spiro atoms. The SMILES string of the molecule is COc1cc(C=NNC(=O)C(C)C(=O)Nc2ccccc2Br)cc(Br)c1OCc1ccccc1. The molecule has 3 aromatic carbocycles. The van der Waals surface area contributed by atoms with Crippen LogP contribution in [-0.2, 0) is 16.2 Å². The molecule has 34 heavy (non-hydrogen) atoms. The van der Waals surface area contributed by atoms with Crippen molar-refractivity contribution in [2.24, 2.45) is 11.0 Å². The molecule has 3 aromatic rings. The number of hydrazone groups is 1. The highest BCUT2D eigenvalue weighted by molar-refractivity contribution is 9.11. The van der Waals surface area contributed by atoms with Crippen molar-refractivity contribution in [3.63, 3.8) is 0 Å². The van der Waals surface area contributed by atoms with Gasteiger partial charge in [-0.05, 0) is 74.2 Å². The maximum Gasteiger partial charge on any atom is 0.252 e. The first-order valence-corrected chi connectivity index (χ1v) is 11.9. The summed E-state index contributed by atoms with van der Waals surface area (Å²) >= 11 is 6.86. The maximum absolute atomic E-state index is 12.4. The minimum atomic E-state index is -0.945. The number of benzene rings is 3. The van der Waals surface area contributed by atoms with E-state index in [0.29, 0.717) is 33.8 Å². The van der Waals surface area contributed by atoms with Crippen LogP contribution in [0.2, 0.25) is 0 Å². The van der Waals surface area contributed by atoms with Crippen LogP contribution in [0.4, 0.5) is 5.69 Å². The first-order chi connectivity index (χ1) is 16.4. The third-order valence-electron chi connectivity index (χ3n) is 4.78. The molecule has 0 saturated carbocycles. The summed E-state index contributed by atoms with van der Waals surface area (Å²) in [4.78, 5) is 24.8. The predicted molar refractivity (Wildman–Crippen MR) is 139 cm³/mol. The number of carbonyl (C=O) groups excluding carboxylic acids is 2. The smallest absolute Gasteiger partial charge is 0.252 e. The van der Waals surface area contributed by atoms with Crippen molar-refractivity contribution < 1.29 is 19.1 Å². The number of para-hydroxylation sites is 1. The number of carbonyl (C=O) groups is 2. The lowest BCUT2D eigenvalue weighted by atomic mass is 10.1. The number of anilines is 1. The number of hydrogen-bond acceptors (Lipinski definition) is 5. The molecule has 0 radical (unpaired) electrons. The zero-order valence-corrected chi connectivity index (χ0v) is 21.7. The summed E-state index contributed by atoms with van der Waals surface area (Å²) in [6.07, 6.45) is 1.46. The van der Waals surface area contributed by atoms with Crippen LogP contribution >= 0.6 is 31.9 Å². The fourth-order valence-electron chi connectivity index (χ4n) is 2.87. The summed E-state index contributed by atoms with van der Waals surface area (Å²) in [5.41, 5.74) is 4.68. The van der Waals surface area contributed by atoms with Gasteiger partial charge in [-0.25, -0.2) is 5.43 Å². The third-order valence-corrected chi connectivity index (χ3v) is 6.06. The van der Waals surface area contributed by atoms with Gasteiger partial charge in [0.1, 0.15) is 12.5 Å². The Kier molecular flexibility index (Phi) is 9.24. The van der Waals surface area contributed by atoms with Gasteiger partial charge >= 0.3 is 0 Å². The van der Waals surface area contributed by atoms with Gasteiger partial charge in [-0.1, -0.05) is 42.5 Å². The van der Waals surface area contributed by atoms with Gasteiger partial charge in [0.15, 0.2) is 11.5 Å². The van der Waals surface area contributed by atoms with Gasteiger partial charge in [0.05, 0.1) is 23.5 Å². The molecule has 0 bridgehead atoms. The Bertz CT molecular complexity index is 1190. The summed E-state index contributed by atoms with van der Waals surface area (Å²) < 4.78 is 12.8. The first-order valence-electron chi connectivity index (χ1n) is 10.3. The van der Waals surface area contributed by atoms with Crippen molar-refractivity contribution in [3.05, 3.63) is 86.8 Å². The highest BCUT2D eigenvalue weighted by atomic mass is 79.9. The lowest BCUT2D eigenvalue weighted by molar-refractivity contribution is -0.131. The topological polar surface area (TPSA) is 89.0 Å². The fraction of sp³-hybridized carbons (Fsp3) is 0.160. The third kappa shape index (κ3) is 6.91. The molecule has 1 unspecified atom stereocenters. The molecule has 2 N–H and O–H groups in total. The van der Waals surface area contributed by atoms with Gasteiger partial charge in [0.25, 0.3) is 5.91 Å². The van der Waals surface area contributed by atoms with Crippen LogP contribution in [0.5, 0.6) is 11.5 Å². The van der Waals surface area contributed by atoms with Crippen molar-refractivity contribution in [2.75, 3.05) is 12.4 Å². The quantitative estimate of drug-likeness (QED) is 0.196. The van der Waals surface area contributed by atoms with Gasteiger partial charge in [0.2, 0.25) is 5.91 Å². The number of methoxy groups -OCH3 is 1. The Labute approximate surface area is 214 Å². The normalized spacial score (nSPS) is 11.6. The largest absolute Gasteiger partial charge is 0.493 e. The lowest BCUT2D eigenvalue weighted by Crippen LogP contribution is -2.34. The van der Waals surface area contributed by atoms with Gasteiger partial charge in [-0.2, -0.15) is 5.10 Å². The van der Waals surface area contributed by atoms with Crippen LogP contribution in [0.3, 0.4) is 0 Å². The summed E-state index contributed by atoms with van der Waals surface area (Å²) in [7, 11) is 1.55. The molecule has 0 fully saturated rings. The molecule has 3 rings (SSSR count). The van der Waals surface area contributed by atoms with Crippen molar-refractivity contribution in [1.29, 1.82) is 0 Å². The predicted octanol–water partition coefficient (Wildman–Crippen LogP) is 5.52. The lowest BCUT2D eigenvalue weighted by Gasteiger charge is -2.14. The highest BCUT2D eigenvalue weighted by Gasteiger charge is 2.21. The Morgan fingerprint density at radius 3 is 2.41 bits per heavy atom. The van der Waals surface area contributed by atoms with Crippen molar-refractivity contribution in [1.82, 2.24) is 5.43 Å². The molecule has 2 amide bonds. The standard InChI is InChI=1S/C25H23Br2N3O4/c1-16(24(31)29-21-11-7-6-10-19(21)26)25(32)30-28-14-18-12-20(27)23(22(13-18)33-2)34-15-17-8-4-3-5-9-17/h3-14,16H,15H2,1-2H3,(H,29,31)(H,30,32). The van der Waals surface area contributed by atoms with E-state index in [1.807, 2.05) is 36.4 Å². The molecule has 176 valence electrons. The van der Waals surface area contributed by atoms with Crippen LogP contribution in [0.25, 0.3) is 0 Å². The number of nitrogens with zero attached hydrogens (tertiary/aromatic N) is 1. The van der Waals surface area contributed by atoms with Crippen LogP contribution < -0.4 is 20.2 Å². The van der Waals surface area contributed by atoms with Gasteiger partial charge in [-0.15, -0.1) is 0 Å². The molecule has 1 atom stereocenters. The van der Waals surface area contributed by atoms with Gasteiger partial charge in [0, 0.05) is 4.47 Å². The van der Waals surface area contributed by atoms with E-state index in [9.17, 15) is 9.59 Å². The van der Waals surface area contributed by atoms with E-state index in [4.69, 9.17) is 9.47 Å². The van der Waals surface area contributed by atoms with Crippen molar-refractivity contribution in [3.8, 4) is 11.5 Å². The van der Waals surface area contributed by atoms with Crippen LogP contribution in [0.15, 0.2) is 80.8 Å². The molecule has 9 heteroatoms. The Balaban J connectivity index is 1.61. The average Bonchev–Trinajstić information content (AvgIpc) is 2.84. The number of amides is 2. The van der Waals surface area contributed by atoms with E-state index >= 15 is 0 Å². The minimum absolute atomic E-state index is 0.388. The average molecular weight is 589 g/mol. The highest BCUT2D eigenvalue weighted by Crippen LogP contribution is 2.36. The molecule has 0 aliphatic rings. The minimum Gasteiger partial charge on any atom is -0.493 e. The van der Waals surface area contributed by atoms with Gasteiger partial charge < -0.3 is 14.8 Å². The second kappa shape index (κ2) is 12.3. The van der Waals surface area contributed by atoms with Crippen LogP contribution in [0, 0.1) is 5.92 Å². The number of hydrogen-bond donors (Lipinski definition) is 2. The number of halogens is 2. The second-order valence-corrected chi connectivity index (χ2v) is 8.94. The zero-order chi connectivity index (χ0) is 24.5. The van der Waals surface area contributed by atoms with E-state index in [0.717, 1.165) is 10.0 Å². The molecule has 0 aromatic heterocycles. The Hall–Kier alpha value is -3.17. The second-order valence-electron chi connectivity index (χ2n) is 7.23. The Morgan fingerprint density at radius 2 is 1.71 bits per heavy atom. The maximum atomic E-state index is 12.4. The number of nitrogens with one attached hydrogen (secondary N) is 2. The van der Waals surface area contributed by atoms with Crippen LogP contribution in [-0.4, -0.2) is 25.1 Å². The van der Waals surface area contributed by atoms with Crippen LogP contribution in [0.1, 0.15) is 18.1 Å². The van der Waals surface area contributed by atoms with Gasteiger partial charge in [-0.3, -0.25) is 9.59 Å². The fourth-order valence-corrected chi connectivity index (χ4v) is 3.83. The summed E-state index contributed by atoms with van der Waals surface area (Å²) in [5, 5.41) is 6.69. The van der Waals surface area contributed by atoms with E-state index < -0.39 is 17.7 Å². The molecule has 0 saturated heterocycles. The Morgan fingerprint density at radius 1 is 1.00 bits per heavy atom. The molecule has 0 aliphatic heterocycles. The van der Waals surface area contributed by atoms with Crippen molar-refractivity contribution >= 4 is 55.6 Å². The summed E-state index contributed by atoms with van der Waals surface area (Å²) in [6.45, 7) is 1.90. The van der Waals surface area contributed by atoms with E-state index in [2.05, 4.69) is 47.7 Å². The molecular weight excluding hydrogens is 566 g/mol. The number of ether oxygens (including phenoxy) is 2. The van der Waals surface area contributed by atoms with Crippen molar-refractivity contribution in [2.45, 2.75) is 13.5 Å². The monoisotopic (exact) mass is 587 g/mol. The molecule has 0 heterocycles. The summed E-state index contributed by atoms with van der Waals surface area (Å²) in [5.74, 6) is -0.845. The zero-order valence-electron chi connectivity index (χ0n) is 18.5. The summed E-state index contributed by atoms with van der Waals surface area (Å²) in [6, 6.07) is 20.5. The van der Waals surface area contributed by atoms with E-state index in [-0.39, 0.29) is 0 Å². The van der Waals surface area contributed by atoms with E-state index in [1.54, 1.807) is 37.4 Å². The number of rotatable bonds is 9. The first kappa shape index (κ1) is 25.5.